The van der Waals surface area contributed by atoms with Crippen LogP contribution in [-0.2, 0) is 14.2 Å². The molecule has 0 amide bonds. The van der Waals surface area contributed by atoms with Crippen LogP contribution in [0.25, 0.3) is 0 Å². The van der Waals surface area contributed by atoms with Gasteiger partial charge in [0.05, 0.1) is 32.0 Å². The lowest BCUT2D eigenvalue weighted by atomic mass is 9.99. The van der Waals surface area contributed by atoms with Crippen molar-refractivity contribution in [2.75, 3.05) is 44.4 Å². The Bertz CT molecular complexity index is 536. The van der Waals surface area contributed by atoms with E-state index in [-0.39, 0.29) is 6.10 Å². The van der Waals surface area contributed by atoms with Gasteiger partial charge in [0.2, 0.25) is 0 Å². The highest BCUT2D eigenvalue weighted by Gasteiger charge is 2.32. The first-order valence-electron chi connectivity index (χ1n) is 8.55. The van der Waals surface area contributed by atoms with Crippen molar-refractivity contribution >= 4 is 5.69 Å². The molecule has 1 aromatic rings. The Morgan fingerprint density at radius 3 is 2.17 bits per heavy atom. The zero-order valence-corrected chi connectivity index (χ0v) is 13.9. The van der Waals surface area contributed by atoms with Crippen molar-refractivity contribution < 1.29 is 18.9 Å². The average Bonchev–Trinajstić information content (AvgIpc) is 3.35. The summed E-state index contributed by atoms with van der Waals surface area (Å²) in [6, 6.07) is 6.43. The summed E-state index contributed by atoms with van der Waals surface area (Å²) in [5.41, 5.74) is 2.60. The number of nitrogens with zero attached hydrogens (tertiary/aromatic N) is 1. The predicted molar refractivity (Wildman–Crippen MR) is 87.5 cm³/mol. The van der Waals surface area contributed by atoms with Gasteiger partial charge >= 0.3 is 0 Å². The quantitative estimate of drug-likeness (QED) is 0.653. The van der Waals surface area contributed by atoms with Crippen LogP contribution in [0.2, 0.25) is 0 Å². The monoisotopic (exact) mass is 319 g/mol. The molecular weight excluding hydrogens is 294 g/mol. The molecule has 3 fully saturated rings. The fourth-order valence-electron chi connectivity index (χ4n) is 2.84. The number of hydrogen-bond donors (Lipinski definition) is 0. The number of benzene rings is 1. The largest absolute Gasteiger partial charge is 0.491 e. The first-order chi connectivity index (χ1) is 11.2. The van der Waals surface area contributed by atoms with Crippen molar-refractivity contribution in [3.8, 4) is 5.75 Å². The summed E-state index contributed by atoms with van der Waals surface area (Å²) >= 11 is 0. The zero-order valence-electron chi connectivity index (χ0n) is 13.9. The fraction of sp³-hybridized carbons (Fsp3) is 0.667. The van der Waals surface area contributed by atoms with Crippen molar-refractivity contribution in [2.45, 2.75) is 38.1 Å². The Morgan fingerprint density at radius 2 is 1.65 bits per heavy atom. The van der Waals surface area contributed by atoms with E-state index in [0.717, 1.165) is 38.7 Å². The Balaban J connectivity index is 1.53. The van der Waals surface area contributed by atoms with E-state index in [0.29, 0.717) is 24.7 Å². The van der Waals surface area contributed by atoms with Crippen LogP contribution in [0, 0.1) is 0 Å². The lowest BCUT2D eigenvalue weighted by Gasteiger charge is -2.27. The summed E-state index contributed by atoms with van der Waals surface area (Å²) in [5, 5.41) is 0. The minimum absolute atomic E-state index is 0.285. The van der Waals surface area contributed by atoms with E-state index < -0.39 is 0 Å². The molecule has 23 heavy (non-hydrogen) atoms. The molecule has 0 aromatic heterocycles. The van der Waals surface area contributed by atoms with Gasteiger partial charge in [0.1, 0.15) is 18.5 Å². The molecule has 126 valence electrons. The average molecular weight is 319 g/mol. The molecular formula is C18H25NO4. The Hall–Kier alpha value is -1.30. The molecule has 4 rings (SSSR count). The van der Waals surface area contributed by atoms with E-state index in [1.165, 1.54) is 11.3 Å². The van der Waals surface area contributed by atoms with Gasteiger partial charge in [-0.25, -0.2) is 0 Å². The first-order valence-corrected chi connectivity index (χ1v) is 8.55. The SMILES string of the molecule is CC(C)c1cc(OCC2CO2)ccc1N(CC1CO1)CC1CO1. The lowest BCUT2D eigenvalue weighted by Crippen LogP contribution is -2.32. The van der Waals surface area contributed by atoms with Crippen molar-refractivity contribution in [2.24, 2.45) is 0 Å². The molecule has 0 bridgehead atoms. The van der Waals surface area contributed by atoms with Gasteiger partial charge in [-0.05, 0) is 29.7 Å². The maximum atomic E-state index is 5.85. The molecule has 5 nitrogen and oxygen atoms in total. The third-order valence-corrected chi connectivity index (χ3v) is 4.45. The van der Waals surface area contributed by atoms with Gasteiger partial charge in [-0.15, -0.1) is 0 Å². The van der Waals surface area contributed by atoms with Gasteiger partial charge in [0.15, 0.2) is 0 Å². The van der Waals surface area contributed by atoms with Gasteiger partial charge < -0.3 is 23.8 Å². The summed E-state index contributed by atoms with van der Waals surface area (Å²) in [6.07, 6.45) is 1.03. The molecule has 0 saturated carbocycles. The topological polar surface area (TPSA) is 50.1 Å². The van der Waals surface area contributed by atoms with Crippen LogP contribution in [0.1, 0.15) is 25.3 Å². The van der Waals surface area contributed by atoms with Crippen LogP contribution < -0.4 is 9.64 Å². The molecule has 3 aliphatic heterocycles. The highest BCUT2D eigenvalue weighted by molar-refractivity contribution is 5.58. The molecule has 1 aromatic carbocycles. The van der Waals surface area contributed by atoms with E-state index in [2.05, 4.69) is 36.9 Å². The minimum atomic E-state index is 0.285. The standard InChI is InChI=1S/C18H25NO4/c1-12(2)17-5-13(20-10-16-11-23-16)3-4-18(17)19(6-14-8-21-14)7-15-9-22-15/h3-5,12,14-16H,6-11H2,1-2H3. The van der Waals surface area contributed by atoms with Crippen LogP contribution in [0.5, 0.6) is 5.75 Å². The fourth-order valence-corrected chi connectivity index (χ4v) is 2.84. The van der Waals surface area contributed by atoms with Crippen LogP contribution in [0.3, 0.4) is 0 Å². The molecule has 0 N–H and O–H groups in total. The van der Waals surface area contributed by atoms with Crippen LogP contribution >= 0.6 is 0 Å². The van der Waals surface area contributed by atoms with E-state index in [9.17, 15) is 0 Å². The normalized spacial score (nSPS) is 27.9. The third-order valence-electron chi connectivity index (χ3n) is 4.45. The van der Waals surface area contributed by atoms with Crippen molar-refractivity contribution in [1.82, 2.24) is 0 Å². The molecule has 3 atom stereocenters. The summed E-state index contributed by atoms with van der Waals surface area (Å²) in [6.45, 7) is 9.56. The number of epoxide rings is 3. The molecule has 0 radical (unpaired) electrons. The summed E-state index contributed by atoms with van der Waals surface area (Å²) in [5.74, 6) is 1.37. The van der Waals surface area contributed by atoms with Gasteiger partial charge in [-0.3, -0.25) is 0 Å². The van der Waals surface area contributed by atoms with Crippen molar-refractivity contribution in [1.29, 1.82) is 0 Å². The maximum absolute atomic E-state index is 5.85. The molecule has 3 unspecified atom stereocenters. The molecule has 0 aliphatic carbocycles. The summed E-state index contributed by atoms with van der Waals surface area (Å²) in [4.78, 5) is 2.42. The minimum Gasteiger partial charge on any atom is -0.491 e. The van der Waals surface area contributed by atoms with Gasteiger partial charge in [-0.2, -0.15) is 0 Å². The third kappa shape index (κ3) is 4.16. The van der Waals surface area contributed by atoms with Gasteiger partial charge in [0, 0.05) is 18.8 Å². The second-order valence-electron chi connectivity index (χ2n) is 6.96. The maximum Gasteiger partial charge on any atom is 0.119 e. The summed E-state index contributed by atoms with van der Waals surface area (Å²) in [7, 11) is 0. The predicted octanol–water partition coefficient (Wildman–Crippen LogP) is 2.19. The summed E-state index contributed by atoms with van der Waals surface area (Å²) < 4.78 is 21.9. The Kier molecular flexibility index (Phi) is 4.18. The second kappa shape index (κ2) is 6.30. The van der Waals surface area contributed by atoms with Gasteiger partial charge in [0.25, 0.3) is 0 Å². The van der Waals surface area contributed by atoms with Crippen LogP contribution in [0.15, 0.2) is 18.2 Å². The van der Waals surface area contributed by atoms with Crippen LogP contribution in [-0.4, -0.2) is 57.8 Å². The Morgan fingerprint density at radius 1 is 1.04 bits per heavy atom. The highest BCUT2D eigenvalue weighted by Crippen LogP contribution is 2.33. The van der Waals surface area contributed by atoms with E-state index >= 15 is 0 Å². The zero-order chi connectivity index (χ0) is 15.8. The van der Waals surface area contributed by atoms with E-state index in [1.54, 1.807) is 0 Å². The second-order valence-corrected chi connectivity index (χ2v) is 6.96. The number of rotatable bonds is 9. The molecule has 5 heteroatoms. The van der Waals surface area contributed by atoms with Gasteiger partial charge in [-0.1, -0.05) is 13.8 Å². The molecule has 3 aliphatic rings. The molecule has 3 saturated heterocycles. The number of anilines is 1. The van der Waals surface area contributed by atoms with E-state index in [1.807, 2.05) is 0 Å². The highest BCUT2D eigenvalue weighted by atomic mass is 16.6. The van der Waals surface area contributed by atoms with Crippen LogP contribution in [0.4, 0.5) is 5.69 Å². The first kappa shape index (κ1) is 15.2. The smallest absolute Gasteiger partial charge is 0.119 e. The number of hydrogen-bond acceptors (Lipinski definition) is 5. The molecule has 0 spiro atoms. The lowest BCUT2D eigenvalue weighted by molar-refractivity contribution is 0.263. The Labute approximate surface area is 137 Å². The van der Waals surface area contributed by atoms with E-state index in [4.69, 9.17) is 18.9 Å². The molecule has 3 heterocycles. The van der Waals surface area contributed by atoms with Crippen molar-refractivity contribution in [3.05, 3.63) is 23.8 Å². The van der Waals surface area contributed by atoms with Crippen molar-refractivity contribution in [3.63, 3.8) is 0 Å². The number of ether oxygens (including phenoxy) is 4.